The first-order valence-corrected chi connectivity index (χ1v) is 13.1. The van der Waals surface area contributed by atoms with E-state index < -0.39 is 6.04 Å². The highest BCUT2D eigenvalue weighted by Crippen LogP contribution is 2.27. The number of nitrogens with zero attached hydrogens (tertiary/aromatic N) is 3. The third kappa shape index (κ3) is 6.90. The van der Waals surface area contributed by atoms with Gasteiger partial charge in [0.2, 0.25) is 5.91 Å². The van der Waals surface area contributed by atoms with Crippen molar-refractivity contribution >= 4 is 52.5 Å². The van der Waals surface area contributed by atoms with Gasteiger partial charge >= 0.3 is 0 Å². The number of hydrogen-bond donors (Lipinski definition) is 2. The van der Waals surface area contributed by atoms with E-state index >= 15 is 0 Å². The average molecular weight is 547 g/mol. The normalized spacial score (nSPS) is 11.9. The second-order valence-electron chi connectivity index (χ2n) is 8.71. The summed E-state index contributed by atoms with van der Waals surface area (Å²) in [6.07, 6.45) is 1.72. The van der Waals surface area contributed by atoms with Gasteiger partial charge in [-0.05, 0) is 55.2 Å². The summed E-state index contributed by atoms with van der Waals surface area (Å²) < 4.78 is 1.86. The zero-order valence-electron chi connectivity index (χ0n) is 20.6. The molecule has 3 aromatic rings. The van der Waals surface area contributed by atoms with Crippen molar-refractivity contribution in [2.75, 3.05) is 11.1 Å². The Morgan fingerprint density at radius 1 is 1.14 bits per heavy atom. The summed E-state index contributed by atoms with van der Waals surface area (Å²) in [7, 11) is 0. The number of hydrogen-bond acceptors (Lipinski definition) is 5. The molecule has 0 aliphatic carbocycles. The molecular formula is C26H29Cl2N5O2S. The van der Waals surface area contributed by atoms with Gasteiger partial charge in [-0.3, -0.25) is 9.59 Å². The summed E-state index contributed by atoms with van der Waals surface area (Å²) in [6, 6.07) is 10.2. The third-order valence-corrected chi connectivity index (χ3v) is 6.98. The first-order chi connectivity index (χ1) is 17.1. The van der Waals surface area contributed by atoms with E-state index in [4.69, 9.17) is 23.2 Å². The molecule has 1 heterocycles. The molecule has 2 aromatic carbocycles. The summed E-state index contributed by atoms with van der Waals surface area (Å²) in [5.41, 5.74) is 3.17. The fraction of sp³-hybridized carbons (Fsp3) is 0.308. The number of allylic oxidation sites excluding steroid dienone is 1. The Balaban J connectivity index is 1.78. The number of nitrogens with one attached hydrogen (secondary N) is 2. The van der Waals surface area contributed by atoms with Gasteiger partial charge in [0.15, 0.2) is 11.0 Å². The van der Waals surface area contributed by atoms with E-state index in [9.17, 15) is 9.59 Å². The van der Waals surface area contributed by atoms with E-state index in [1.807, 2.05) is 50.5 Å². The maximum atomic E-state index is 13.0. The van der Waals surface area contributed by atoms with Crippen LogP contribution >= 0.6 is 35.0 Å². The quantitative estimate of drug-likeness (QED) is 0.232. The monoisotopic (exact) mass is 545 g/mol. The van der Waals surface area contributed by atoms with Crippen molar-refractivity contribution in [1.82, 2.24) is 20.1 Å². The lowest BCUT2D eigenvalue weighted by atomic mass is 10.0. The van der Waals surface area contributed by atoms with Gasteiger partial charge in [0.25, 0.3) is 5.91 Å². The van der Waals surface area contributed by atoms with Gasteiger partial charge in [-0.15, -0.1) is 16.8 Å². The highest BCUT2D eigenvalue weighted by molar-refractivity contribution is 7.99. The van der Waals surface area contributed by atoms with Crippen molar-refractivity contribution in [2.24, 2.45) is 5.92 Å². The fourth-order valence-electron chi connectivity index (χ4n) is 3.55. The summed E-state index contributed by atoms with van der Waals surface area (Å²) in [4.78, 5) is 25.6. The average Bonchev–Trinajstić information content (AvgIpc) is 3.20. The van der Waals surface area contributed by atoms with Gasteiger partial charge in [-0.1, -0.05) is 67.0 Å². The highest BCUT2D eigenvalue weighted by Gasteiger charge is 2.27. The van der Waals surface area contributed by atoms with Crippen LogP contribution in [-0.2, 0) is 11.3 Å². The van der Waals surface area contributed by atoms with Crippen LogP contribution in [0.2, 0.25) is 10.0 Å². The number of carbonyl (C=O) groups is 2. The smallest absolute Gasteiger partial charge is 0.253 e. The molecule has 2 amide bonds. The van der Waals surface area contributed by atoms with Crippen LogP contribution in [0.5, 0.6) is 0 Å². The molecule has 190 valence electrons. The minimum Gasteiger partial charge on any atom is -0.342 e. The van der Waals surface area contributed by atoms with Gasteiger partial charge in [0.1, 0.15) is 0 Å². The maximum Gasteiger partial charge on any atom is 0.253 e. The molecule has 0 bridgehead atoms. The Kier molecular flexibility index (Phi) is 9.59. The first kappa shape index (κ1) is 27.8. The molecule has 0 saturated heterocycles. The molecule has 1 aromatic heterocycles. The van der Waals surface area contributed by atoms with E-state index in [-0.39, 0.29) is 28.5 Å². The number of amides is 2. The Bertz CT molecular complexity index is 1280. The van der Waals surface area contributed by atoms with Gasteiger partial charge in [-0.25, -0.2) is 0 Å². The van der Waals surface area contributed by atoms with Gasteiger partial charge in [0.05, 0.1) is 22.4 Å². The van der Waals surface area contributed by atoms with E-state index in [0.29, 0.717) is 28.1 Å². The molecule has 7 nitrogen and oxygen atoms in total. The lowest BCUT2D eigenvalue weighted by Crippen LogP contribution is -2.34. The molecule has 0 aliphatic heterocycles. The van der Waals surface area contributed by atoms with Crippen molar-refractivity contribution in [2.45, 2.75) is 45.4 Å². The zero-order chi connectivity index (χ0) is 26.4. The second-order valence-corrected chi connectivity index (χ2v) is 10.5. The van der Waals surface area contributed by atoms with Crippen molar-refractivity contribution in [3.05, 3.63) is 81.6 Å². The Hall–Kier alpha value is -2.81. The number of rotatable bonds is 10. The van der Waals surface area contributed by atoms with Gasteiger partial charge in [-0.2, -0.15) is 0 Å². The summed E-state index contributed by atoms with van der Waals surface area (Å²) in [6.45, 7) is 12.1. The molecule has 1 atom stereocenters. The van der Waals surface area contributed by atoms with Crippen LogP contribution in [-0.4, -0.2) is 32.3 Å². The van der Waals surface area contributed by atoms with Crippen LogP contribution in [0.1, 0.15) is 47.2 Å². The Morgan fingerprint density at radius 2 is 1.89 bits per heavy atom. The minimum atomic E-state index is -0.449. The number of halogens is 2. The number of aromatic nitrogens is 3. The topological polar surface area (TPSA) is 88.9 Å². The van der Waals surface area contributed by atoms with Crippen LogP contribution in [0.15, 0.2) is 54.2 Å². The second kappa shape index (κ2) is 12.4. The fourth-order valence-corrected chi connectivity index (χ4v) is 4.80. The number of benzene rings is 2. The lowest BCUT2D eigenvalue weighted by molar-refractivity contribution is -0.113. The molecule has 0 spiro atoms. The molecule has 0 aliphatic rings. The molecule has 0 radical (unpaired) electrons. The number of anilines is 1. The number of aryl methyl sites for hydroxylation is 2. The van der Waals surface area contributed by atoms with Crippen molar-refractivity contribution in [1.29, 1.82) is 0 Å². The molecule has 10 heteroatoms. The number of thioether (sulfide) groups is 1. The van der Waals surface area contributed by atoms with Crippen molar-refractivity contribution in [3.8, 4) is 0 Å². The van der Waals surface area contributed by atoms with Crippen LogP contribution in [0, 0.1) is 19.8 Å². The zero-order valence-corrected chi connectivity index (χ0v) is 23.0. The molecule has 0 fully saturated rings. The predicted molar refractivity (Wildman–Crippen MR) is 147 cm³/mol. The van der Waals surface area contributed by atoms with Crippen LogP contribution in [0.3, 0.4) is 0 Å². The summed E-state index contributed by atoms with van der Waals surface area (Å²) in [5, 5.41) is 15.9. The molecule has 0 unspecified atom stereocenters. The predicted octanol–water partition coefficient (Wildman–Crippen LogP) is 6.25. The van der Waals surface area contributed by atoms with E-state index in [2.05, 4.69) is 27.4 Å². The summed E-state index contributed by atoms with van der Waals surface area (Å²) in [5.74, 6) is 0.237. The van der Waals surface area contributed by atoms with Crippen LogP contribution in [0.4, 0.5) is 5.69 Å². The first-order valence-electron chi connectivity index (χ1n) is 11.4. The van der Waals surface area contributed by atoms with Crippen molar-refractivity contribution in [3.63, 3.8) is 0 Å². The van der Waals surface area contributed by atoms with Crippen LogP contribution < -0.4 is 10.6 Å². The Labute approximate surface area is 225 Å². The SMILES string of the molecule is C=CCn1c(SCC(=O)Nc2cc(C)ccc2C)nnc1[C@@H](NC(=O)c1ccc(Cl)cc1Cl)C(C)C. The Morgan fingerprint density at radius 3 is 2.56 bits per heavy atom. The minimum absolute atomic E-state index is 0.00163. The van der Waals surface area contributed by atoms with E-state index in [0.717, 1.165) is 16.8 Å². The van der Waals surface area contributed by atoms with Crippen LogP contribution in [0.25, 0.3) is 0 Å². The molecular weight excluding hydrogens is 517 g/mol. The highest BCUT2D eigenvalue weighted by atomic mass is 35.5. The number of carbonyl (C=O) groups excluding carboxylic acids is 2. The molecule has 3 rings (SSSR count). The molecule has 0 saturated carbocycles. The molecule has 2 N–H and O–H groups in total. The van der Waals surface area contributed by atoms with Gasteiger partial charge < -0.3 is 15.2 Å². The summed E-state index contributed by atoms with van der Waals surface area (Å²) >= 11 is 13.5. The largest absolute Gasteiger partial charge is 0.342 e. The molecule has 36 heavy (non-hydrogen) atoms. The van der Waals surface area contributed by atoms with Crippen molar-refractivity contribution < 1.29 is 9.59 Å². The third-order valence-electron chi connectivity index (χ3n) is 5.46. The van der Waals surface area contributed by atoms with Gasteiger partial charge in [0, 0.05) is 17.3 Å². The standard InChI is InChI=1S/C26H29Cl2N5O2S/c1-6-11-33-24(23(15(2)3)30-25(35)19-10-9-18(27)13-20(19)28)31-32-26(33)36-14-22(34)29-21-12-16(4)7-8-17(21)5/h6-10,12-13,15,23H,1,11,14H2,2-5H3,(H,29,34)(H,30,35)/t23-/m0/s1. The lowest BCUT2D eigenvalue weighted by Gasteiger charge is -2.23. The van der Waals surface area contributed by atoms with E-state index in [1.54, 1.807) is 18.2 Å². The maximum absolute atomic E-state index is 13.0. The van der Waals surface area contributed by atoms with E-state index in [1.165, 1.54) is 17.8 Å².